The van der Waals surface area contributed by atoms with Gasteiger partial charge in [0.25, 0.3) is 0 Å². The van der Waals surface area contributed by atoms with Crippen molar-refractivity contribution in [2.45, 2.75) is 24.1 Å². The molecule has 2 rings (SSSR count). The summed E-state index contributed by atoms with van der Waals surface area (Å²) >= 11 is 1.11. The highest BCUT2D eigenvalue weighted by Gasteiger charge is 2.17. The molecule has 6 nitrogen and oxygen atoms in total. The number of thiophene rings is 1. The molecule has 2 heterocycles. The Kier molecular flexibility index (Phi) is 3.93. The molecule has 0 radical (unpaired) electrons. The van der Waals surface area contributed by atoms with E-state index in [2.05, 4.69) is 9.82 Å². The minimum atomic E-state index is -3.50. The second kappa shape index (κ2) is 5.32. The van der Waals surface area contributed by atoms with Crippen LogP contribution in [-0.2, 0) is 30.0 Å². The standard InChI is InChI=1S/C11H16N4O2S2/c1-3-10-8(6-15(2)14-10)5-13-19(16,17)11-4-9(12)7-18-11/h4,6-7,13H,3,5,12H2,1-2H3. The number of rotatable bonds is 5. The van der Waals surface area contributed by atoms with Crippen molar-refractivity contribution in [3.8, 4) is 0 Å². The van der Waals surface area contributed by atoms with E-state index in [1.54, 1.807) is 10.1 Å². The normalized spacial score (nSPS) is 11.9. The smallest absolute Gasteiger partial charge is 0.250 e. The quantitative estimate of drug-likeness (QED) is 0.865. The molecule has 0 unspecified atom stereocenters. The van der Waals surface area contributed by atoms with Crippen molar-refractivity contribution in [2.75, 3.05) is 5.73 Å². The molecule has 2 aromatic rings. The Hall–Kier alpha value is -1.38. The van der Waals surface area contributed by atoms with E-state index in [1.165, 1.54) is 6.07 Å². The number of nitrogens with two attached hydrogens (primary N) is 1. The van der Waals surface area contributed by atoms with Gasteiger partial charge in [0.05, 0.1) is 5.69 Å². The second-order valence-electron chi connectivity index (χ2n) is 4.15. The Morgan fingerprint density at radius 1 is 1.53 bits per heavy atom. The van der Waals surface area contributed by atoms with Crippen LogP contribution in [0.15, 0.2) is 21.9 Å². The van der Waals surface area contributed by atoms with Crippen molar-refractivity contribution < 1.29 is 8.42 Å². The van der Waals surface area contributed by atoms with Crippen LogP contribution in [0.3, 0.4) is 0 Å². The number of sulfonamides is 1. The fourth-order valence-corrected chi connectivity index (χ4v) is 3.88. The van der Waals surface area contributed by atoms with Gasteiger partial charge in [0.2, 0.25) is 10.0 Å². The Bertz CT molecular complexity index is 673. The highest BCUT2D eigenvalue weighted by atomic mass is 32.2. The van der Waals surface area contributed by atoms with Crippen LogP contribution in [-0.4, -0.2) is 18.2 Å². The Labute approximate surface area is 116 Å². The van der Waals surface area contributed by atoms with Gasteiger partial charge in [0.15, 0.2) is 0 Å². The molecule has 0 amide bonds. The van der Waals surface area contributed by atoms with E-state index >= 15 is 0 Å². The van der Waals surface area contributed by atoms with Gasteiger partial charge in [0.1, 0.15) is 4.21 Å². The predicted molar refractivity (Wildman–Crippen MR) is 75.3 cm³/mol. The van der Waals surface area contributed by atoms with E-state index in [1.807, 2.05) is 20.2 Å². The van der Waals surface area contributed by atoms with Crippen LogP contribution in [0.4, 0.5) is 5.69 Å². The van der Waals surface area contributed by atoms with Gasteiger partial charge in [-0.3, -0.25) is 4.68 Å². The van der Waals surface area contributed by atoms with Crippen LogP contribution >= 0.6 is 11.3 Å². The molecule has 8 heteroatoms. The summed E-state index contributed by atoms with van der Waals surface area (Å²) in [5.41, 5.74) is 7.78. The van der Waals surface area contributed by atoms with E-state index < -0.39 is 10.0 Å². The zero-order chi connectivity index (χ0) is 14.0. The van der Waals surface area contributed by atoms with Crippen molar-refractivity contribution >= 4 is 27.0 Å². The molecule has 19 heavy (non-hydrogen) atoms. The van der Waals surface area contributed by atoms with Crippen LogP contribution in [0, 0.1) is 0 Å². The third kappa shape index (κ3) is 3.14. The van der Waals surface area contributed by atoms with Crippen molar-refractivity contribution in [2.24, 2.45) is 7.05 Å². The number of nitrogens with zero attached hydrogens (tertiary/aromatic N) is 2. The highest BCUT2D eigenvalue weighted by Crippen LogP contribution is 2.21. The highest BCUT2D eigenvalue weighted by molar-refractivity contribution is 7.91. The maximum absolute atomic E-state index is 12.0. The topological polar surface area (TPSA) is 90.0 Å². The number of nitrogens with one attached hydrogen (secondary N) is 1. The summed E-state index contributed by atoms with van der Waals surface area (Å²) in [4.78, 5) is 0. The van der Waals surface area contributed by atoms with Crippen molar-refractivity contribution in [3.05, 3.63) is 28.9 Å². The van der Waals surface area contributed by atoms with Gasteiger partial charge < -0.3 is 5.73 Å². The lowest BCUT2D eigenvalue weighted by Gasteiger charge is -2.04. The average Bonchev–Trinajstić information content (AvgIpc) is 2.93. The fraction of sp³-hybridized carbons (Fsp3) is 0.364. The molecule has 0 aromatic carbocycles. The van der Waals surface area contributed by atoms with Crippen molar-refractivity contribution in [1.82, 2.24) is 14.5 Å². The minimum Gasteiger partial charge on any atom is -0.398 e. The van der Waals surface area contributed by atoms with Crippen LogP contribution in [0.5, 0.6) is 0 Å². The summed E-state index contributed by atoms with van der Waals surface area (Å²) in [6.07, 6.45) is 2.59. The van der Waals surface area contributed by atoms with Gasteiger partial charge in [0, 0.05) is 36.4 Å². The summed E-state index contributed by atoms with van der Waals surface area (Å²) in [6.45, 7) is 2.22. The summed E-state index contributed by atoms with van der Waals surface area (Å²) in [7, 11) is -1.69. The van der Waals surface area contributed by atoms with E-state index in [-0.39, 0.29) is 10.8 Å². The molecule has 0 aliphatic carbocycles. The van der Waals surface area contributed by atoms with Crippen molar-refractivity contribution in [1.29, 1.82) is 0 Å². The number of anilines is 1. The number of aromatic nitrogens is 2. The first kappa shape index (κ1) is 14.0. The molecule has 0 saturated carbocycles. The van der Waals surface area contributed by atoms with E-state index in [9.17, 15) is 8.42 Å². The van der Waals surface area contributed by atoms with Gasteiger partial charge in [-0.1, -0.05) is 6.92 Å². The van der Waals surface area contributed by atoms with Crippen LogP contribution in [0.2, 0.25) is 0 Å². The lowest BCUT2D eigenvalue weighted by atomic mass is 10.2. The lowest BCUT2D eigenvalue weighted by Crippen LogP contribution is -2.22. The van der Waals surface area contributed by atoms with Gasteiger partial charge in [-0.15, -0.1) is 11.3 Å². The molecule has 0 atom stereocenters. The largest absolute Gasteiger partial charge is 0.398 e. The lowest BCUT2D eigenvalue weighted by molar-refractivity contribution is 0.583. The SMILES string of the molecule is CCc1nn(C)cc1CNS(=O)(=O)c1cc(N)cs1. The van der Waals surface area contributed by atoms with Crippen LogP contribution in [0.1, 0.15) is 18.2 Å². The van der Waals surface area contributed by atoms with Gasteiger partial charge in [-0.25, -0.2) is 13.1 Å². The second-order valence-corrected chi connectivity index (χ2v) is 7.06. The number of hydrogen-bond donors (Lipinski definition) is 2. The average molecular weight is 300 g/mol. The summed E-state index contributed by atoms with van der Waals surface area (Å²) in [5.74, 6) is 0. The maximum atomic E-state index is 12.0. The van der Waals surface area contributed by atoms with Crippen molar-refractivity contribution in [3.63, 3.8) is 0 Å². The van der Waals surface area contributed by atoms with E-state index in [0.717, 1.165) is 29.0 Å². The molecule has 104 valence electrons. The predicted octanol–water partition coefficient (Wildman–Crippen LogP) is 1.10. The zero-order valence-electron chi connectivity index (χ0n) is 10.8. The fourth-order valence-electron chi connectivity index (χ4n) is 1.74. The molecule has 0 fully saturated rings. The molecule has 2 aromatic heterocycles. The molecular formula is C11H16N4O2S2. The summed E-state index contributed by atoms with van der Waals surface area (Å²) < 4.78 is 28.6. The first-order chi connectivity index (χ1) is 8.92. The first-order valence-electron chi connectivity index (χ1n) is 5.77. The number of hydrogen-bond acceptors (Lipinski definition) is 5. The van der Waals surface area contributed by atoms with Gasteiger partial charge >= 0.3 is 0 Å². The molecule has 0 spiro atoms. The maximum Gasteiger partial charge on any atom is 0.250 e. The van der Waals surface area contributed by atoms with Gasteiger partial charge in [-0.2, -0.15) is 5.10 Å². The third-order valence-corrected chi connectivity index (χ3v) is 5.50. The summed E-state index contributed by atoms with van der Waals surface area (Å²) in [6, 6.07) is 1.46. The molecule has 0 aliphatic heterocycles. The van der Waals surface area contributed by atoms with E-state index in [0.29, 0.717) is 5.69 Å². The molecule has 0 aliphatic rings. The van der Waals surface area contributed by atoms with Gasteiger partial charge in [-0.05, 0) is 12.5 Å². The monoisotopic (exact) mass is 300 g/mol. The minimum absolute atomic E-state index is 0.229. The molecule has 0 saturated heterocycles. The number of nitrogen functional groups attached to an aromatic ring is 1. The summed E-state index contributed by atoms with van der Waals surface area (Å²) in [5, 5.41) is 5.88. The third-order valence-electron chi connectivity index (χ3n) is 2.64. The van der Waals surface area contributed by atoms with Crippen LogP contribution < -0.4 is 10.5 Å². The van der Waals surface area contributed by atoms with E-state index in [4.69, 9.17) is 5.73 Å². The molecule has 3 N–H and O–H groups in total. The Morgan fingerprint density at radius 2 is 2.26 bits per heavy atom. The number of aryl methyl sites for hydroxylation is 2. The first-order valence-corrected chi connectivity index (χ1v) is 8.13. The zero-order valence-corrected chi connectivity index (χ0v) is 12.4. The Balaban J connectivity index is 2.13. The molecular weight excluding hydrogens is 284 g/mol. The van der Waals surface area contributed by atoms with Crippen LogP contribution in [0.25, 0.3) is 0 Å². The Morgan fingerprint density at radius 3 is 2.84 bits per heavy atom. The molecule has 0 bridgehead atoms.